The third-order valence-corrected chi connectivity index (χ3v) is 2.52. The first-order chi connectivity index (χ1) is 7.52. The largest absolute Gasteiger partial charge is 0.511 e. The number of hydrogen-bond acceptors (Lipinski definition) is 2. The molecule has 2 heteroatoms. The number of allylic oxidation sites excluding steroid dienone is 9. The summed E-state index contributed by atoms with van der Waals surface area (Å²) in [4.78, 5) is 0. The van der Waals surface area contributed by atoms with E-state index in [9.17, 15) is 5.11 Å². The van der Waals surface area contributed by atoms with E-state index < -0.39 is 0 Å². The number of nitrogens with two attached hydrogens (primary N) is 1. The van der Waals surface area contributed by atoms with Crippen molar-refractivity contribution >= 4 is 0 Å². The van der Waals surface area contributed by atoms with Gasteiger partial charge in [0.15, 0.2) is 0 Å². The van der Waals surface area contributed by atoms with Gasteiger partial charge in [0, 0.05) is 17.2 Å². The van der Waals surface area contributed by atoms with Crippen molar-refractivity contribution in [3.63, 3.8) is 0 Å². The third-order valence-electron chi connectivity index (χ3n) is 2.52. The number of aliphatic hydroxyl groups is 1. The van der Waals surface area contributed by atoms with E-state index in [4.69, 9.17) is 5.73 Å². The minimum atomic E-state index is 0.178. The maximum Gasteiger partial charge on any atom is 0.103 e. The standard InChI is InChI=1S/C14H19NO/c1-10(6-4-8-12(3)15)13-9-5-7-11(2)14(13)16/h4-6,8-9,11,16H,1,7,15H2,2-3H3/b6-4-,12-8+. The second-order valence-electron chi connectivity index (χ2n) is 4.13. The van der Waals surface area contributed by atoms with E-state index >= 15 is 0 Å². The first-order valence-electron chi connectivity index (χ1n) is 5.41. The average molecular weight is 217 g/mol. The summed E-state index contributed by atoms with van der Waals surface area (Å²) in [6, 6.07) is 0. The Kier molecular flexibility index (Phi) is 4.18. The average Bonchev–Trinajstić information content (AvgIpc) is 2.21. The van der Waals surface area contributed by atoms with Gasteiger partial charge in [-0.15, -0.1) is 0 Å². The van der Waals surface area contributed by atoms with Crippen LogP contribution in [0.2, 0.25) is 0 Å². The fourth-order valence-corrected chi connectivity index (χ4v) is 1.53. The summed E-state index contributed by atoms with van der Waals surface area (Å²) in [6.07, 6.45) is 10.4. The molecule has 0 fully saturated rings. The molecule has 0 heterocycles. The molecule has 0 saturated carbocycles. The van der Waals surface area contributed by atoms with Gasteiger partial charge in [-0.1, -0.05) is 37.8 Å². The Morgan fingerprint density at radius 1 is 1.62 bits per heavy atom. The van der Waals surface area contributed by atoms with Gasteiger partial charge in [0.25, 0.3) is 0 Å². The first-order valence-corrected chi connectivity index (χ1v) is 5.41. The normalized spacial score (nSPS) is 21.9. The Morgan fingerprint density at radius 3 is 2.94 bits per heavy atom. The maximum absolute atomic E-state index is 9.91. The highest BCUT2D eigenvalue weighted by Gasteiger charge is 2.15. The molecule has 0 radical (unpaired) electrons. The van der Waals surface area contributed by atoms with Crippen molar-refractivity contribution in [1.29, 1.82) is 0 Å². The fourth-order valence-electron chi connectivity index (χ4n) is 1.53. The van der Waals surface area contributed by atoms with E-state index in [2.05, 4.69) is 12.7 Å². The van der Waals surface area contributed by atoms with Gasteiger partial charge in [0.2, 0.25) is 0 Å². The zero-order valence-corrected chi connectivity index (χ0v) is 9.90. The summed E-state index contributed by atoms with van der Waals surface area (Å²) in [7, 11) is 0. The quantitative estimate of drug-likeness (QED) is 0.712. The van der Waals surface area contributed by atoms with Crippen molar-refractivity contribution in [2.24, 2.45) is 11.7 Å². The van der Waals surface area contributed by atoms with Crippen LogP contribution in [0, 0.1) is 5.92 Å². The molecular weight excluding hydrogens is 198 g/mol. The third kappa shape index (κ3) is 3.16. The zero-order valence-electron chi connectivity index (χ0n) is 9.90. The van der Waals surface area contributed by atoms with Crippen molar-refractivity contribution in [2.75, 3.05) is 0 Å². The first kappa shape index (κ1) is 12.4. The molecule has 1 aliphatic rings. The molecular formula is C14H19NO. The predicted molar refractivity (Wildman–Crippen MR) is 68.8 cm³/mol. The van der Waals surface area contributed by atoms with E-state index in [1.165, 1.54) is 0 Å². The Hall–Kier alpha value is -1.70. The van der Waals surface area contributed by atoms with Crippen LogP contribution in [0.5, 0.6) is 0 Å². The van der Waals surface area contributed by atoms with Crippen LogP contribution in [0.25, 0.3) is 0 Å². The fraction of sp³-hybridized carbons (Fsp3) is 0.286. The molecule has 1 unspecified atom stereocenters. The summed E-state index contributed by atoms with van der Waals surface area (Å²) in [5.41, 5.74) is 7.88. The molecule has 86 valence electrons. The van der Waals surface area contributed by atoms with Crippen LogP contribution in [0.15, 0.2) is 59.6 Å². The summed E-state index contributed by atoms with van der Waals surface area (Å²) < 4.78 is 0. The lowest BCUT2D eigenvalue weighted by molar-refractivity contribution is 0.334. The molecule has 0 amide bonds. The van der Waals surface area contributed by atoms with Gasteiger partial charge in [-0.25, -0.2) is 0 Å². The molecule has 0 saturated heterocycles. The van der Waals surface area contributed by atoms with Gasteiger partial charge >= 0.3 is 0 Å². The van der Waals surface area contributed by atoms with Gasteiger partial charge in [-0.2, -0.15) is 0 Å². The molecule has 16 heavy (non-hydrogen) atoms. The summed E-state index contributed by atoms with van der Waals surface area (Å²) in [6.45, 7) is 7.76. The van der Waals surface area contributed by atoms with Crippen LogP contribution in [0.4, 0.5) is 0 Å². The van der Waals surface area contributed by atoms with Crippen LogP contribution in [-0.4, -0.2) is 5.11 Å². The summed E-state index contributed by atoms with van der Waals surface area (Å²) in [5, 5.41) is 9.91. The van der Waals surface area contributed by atoms with E-state index in [0.29, 0.717) is 5.76 Å². The number of rotatable bonds is 3. The Balaban J connectivity index is 2.82. The Labute approximate surface area is 97.2 Å². The van der Waals surface area contributed by atoms with Gasteiger partial charge in [0.05, 0.1) is 0 Å². The minimum absolute atomic E-state index is 0.178. The highest BCUT2D eigenvalue weighted by atomic mass is 16.3. The van der Waals surface area contributed by atoms with Gasteiger partial charge in [-0.05, 0) is 25.0 Å². The van der Waals surface area contributed by atoms with E-state index in [0.717, 1.165) is 23.3 Å². The molecule has 0 bridgehead atoms. The Bertz CT molecular complexity index is 393. The molecule has 1 atom stereocenters. The van der Waals surface area contributed by atoms with Crippen LogP contribution in [0.1, 0.15) is 20.3 Å². The van der Waals surface area contributed by atoms with Crippen molar-refractivity contribution in [3.05, 3.63) is 59.6 Å². The molecule has 0 aromatic heterocycles. The van der Waals surface area contributed by atoms with E-state index in [1.54, 1.807) is 6.08 Å². The highest BCUT2D eigenvalue weighted by Crippen LogP contribution is 2.27. The SMILES string of the molecule is C=C(/C=C\C=C(/C)N)C1=C(O)C(C)CC=C1. The van der Waals surface area contributed by atoms with Crippen molar-refractivity contribution in [1.82, 2.24) is 0 Å². The molecule has 0 aromatic carbocycles. The van der Waals surface area contributed by atoms with Crippen LogP contribution >= 0.6 is 0 Å². The molecule has 2 nitrogen and oxygen atoms in total. The topological polar surface area (TPSA) is 46.2 Å². The molecule has 0 aliphatic heterocycles. The molecule has 1 aliphatic carbocycles. The van der Waals surface area contributed by atoms with E-state index in [1.807, 2.05) is 32.1 Å². The van der Waals surface area contributed by atoms with Crippen LogP contribution < -0.4 is 5.73 Å². The molecule has 0 spiro atoms. The van der Waals surface area contributed by atoms with Gasteiger partial charge < -0.3 is 10.8 Å². The second-order valence-corrected chi connectivity index (χ2v) is 4.13. The van der Waals surface area contributed by atoms with Crippen LogP contribution in [0.3, 0.4) is 0 Å². The lowest BCUT2D eigenvalue weighted by Gasteiger charge is -2.17. The summed E-state index contributed by atoms with van der Waals surface area (Å²) in [5.74, 6) is 0.600. The smallest absolute Gasteiger partial charge is 0.103 e. The van der Waals surface area contributed by atoms with Crippen molar-refractivity contribution in [3.8, 4) is 0 Å². The predicted octanol–water partition coefficient (Wildman–Crippen LogP) is 3.37. The number of hydrogen-bond donors (Lipinski definition) is 2. The Morgan fingerprint density at radius 2 is 2.31 bits per heavy atom. The number of aliphatic hydroxyl groups excluding tert-OH is 1. The maximum atomic E-state index is 9.91. The minimum Gasteiger partial charge on any atom is -0.511 e. The monoisotopic (exact) mass is 217 g/mol. The lowest BCUT2D eigenvalue weighted by Crippen LogP contribution is -2.05. The molecule has 3 N–H and O–H groups in total. The van der Waals surface area contributed by atoms with Crippen molar-refractivity contribution < 1.29 is 5.11 Å². The highest BCUT2D eigenvalue weighted by molar-refractivity contribution is 5.48. The molecule has 1 rings (SSSR count). The summed E-state index contributed by atoms with van der Waals surface area (Å²) >= 11 is 0. The molecule has 0 aromatic rings. The lowest BCUT2D eigenvalue weighted by atomic mass is 9.92. The second kappa shape index (κ2) is 5.40. The van der Waals surface area contributed by atoms with E-state index in [-0.39, 0.29) is 5.92 Å². The zero-order chi connectivity index (χ0) is 12.1. The van der Waals surface area contributed by atoms with Gasteiger partial charge in [0.1, 0.15) is 5.76 Å². The van der Waals surface area contributed by atoms with Crippen molar-refractivity contribution in [2.45, 2.75) is 20.3 Å². The van der Waals surface area contributed by atoms with Gasteiger partial charge in [-0.3, -0.25) is 0 Å². The van der Waals surface area contributed by atoms with Crippen LogP contribution in [-0.2, 0) is 0 Å².